The third-order valence-electron chi connectivity index (χ3n) is 4.95. The van der Waals surface area contributed by atoms with Gasteiger partial charge in [-0.25, -0.2) is 9.59 Å². The smallest absolute Gasteiger partial charge is 0.211 e. The summed E-state index contributed by atoms with van der Waals surface area (Å²) in [5.74, 6) is 0. The average molecular weight is 364 g/mol. The first-order chi connectivity index (χ1) is 13.8. The lowest BCUT2D eigenvalue weighted by atomic mass is 9.94. The summed E-state index contributed by atoms with van der Waals surface area (Å²) in [6.45, 7) is 0. The summed E-state index contributed by atoms with van der Waals surface area (Å²) >= 11 is 0. The van der Waals surface area contributed by atoms with Crippen molar-refractivity contribution in [1.82, 2.24) is 0 Å². The second-order valence-corrected chi connectivity index (χ2v) is 6.49. The van der Waals surface area contributed by atoms with Gasteiger partial charge in [-0.05, 0) is 51.6 Å². The molecule has 0 aliphatic heterocycles. The Balaban J connectivity index is 1.86. The number of hydrogen-bond donors (Lipinski definition) is 0. The predicted molar refractivity (Wildman–Crippen MR) is 111 cm³/mol. The molecule has 0 amide bonds. The Hall–Kier alpha value is -3.84. The van der Waals surface area contributed by atoms with Crippen molar-refractivity contribution in [2.75, 3.05) is 0 Å². The van der Waals surface area contributed by atoms with Crippen molar-refractivity contribution in [1.29, 1.82) is 0 Å². The second kappa shape index (κ2) is 7.81. The van der Waals surface area contributed by atoms with Crippen molar-refractivity contribution >= 4 is 45.1 Å². The molecular weight excluding hydrogens is 348 g/mol. The Bertz CT molecular complexity index is 1280. The normalized spacial score (nSPS) is 10.4. The van der Waals surface area contributed by atoms with Crippen molar-refractivity contribution in [2.24, 2.45) is 9.98 Å². The molecule has 0 unspecified atom stereocenters. The van der Waals surface area contributed by atoms with E-state index in [0.29, 0.717) is 17.8 Å². The summed E-state index contributed by atoms with van der Waals surface area (Å²) in [5.41, 5.74) is 2.82. The van der Waals surface area contributed by atoms with Crippen LogP contribution in [0.1, 0.15) is 11.1 Å². The highest BCUT2D eigenvalue weighted by atomic mass is 16.1. The molecular formula is C24H16N2O2. The Labute approximate surface area is 161 Å². The third kappa shape index (κ3) is 3.26. The van der Waals surface area contributed by atoms with Crippen molar-refractivity contribution in [2.45, 2.75) is 12.8 Å². The molecule has 0 N–H and O–H groups in total. The van der Waals surface area contributed by atoms with E-state index in [1.54, 1.807) is 18.2 Å². The maximum atomic E-state index is 11.0. The lowest BCUT2D eigenvalue weighted by molar-refractivity contribution is 0.564. The van der Waals surface area contributed by atoms with Crippen LogP contribution in [0.3, 0.4) is 0 Å². The summed E-state index contributed by atoms with van der Waals surface area (Å²) < 4.78 is 0. The molecule has 134 valence electrons. The molecule has 0 bridgehead atoms. The van der Waals surface area contributed by atoms with Gasteiger partial charge in [-0.15, -0.1) is 0 Å². The first kappa shape index (κ1) is 17.6. The van der Waals surface area contributed by atoms with E-state index in [1.807, 2.05) is 42.5 Å². The minimum atomic E-state index is 0.338. The SMILES string of the molecule is O=C=Nc1cc2ccccc2c(CCc2cccc3ccccc23)c1N=C=O. The van der Waals surface area contributed by atoms with Crippen molar-refractivity contribution in [3.05, 3.63) is 83.9 Å². The van der Waals surface area contributed by atoms with E-state index >= 15 is 0 Å². The molecule has 0 aromatic heterocycles. The van der Waals surface area contributed by atoms with E-state index in [0.717, 1.165) is 22.8 Å². The van der Waals surface area contributed by atoms with Gasteiger partial charge in [-0.3, -0.25) is 0 Å². The second-order valence-electron chi connectivity index (χ2n) is 6.49. The minimum Gasteiger partial charge on any atom is -0.211 e. The zero-order valence-electron chi connectivity index (χ0n) is 15.1. The van der Waals surface area contributed by atoms with Crippen LogP contribution >= 0.6 is 0 Å². The summed E-state index contributed by atoms with van der Waals surface area (Å²) in [6.07, 6.45) is 4.57. The van der Waals surface area contributed by atoms with Gasteiger partial charge in [-0.2, -0.15) is 9.98 Å². The van der Waals surface area contributed by atoms with Crippen LogP contribution in [0.4, 0.5) is 11.4 Å². The number of nitrogens with zero attached hydrogens (tertiary/aromatic N) is 2. The summed E-state index contributed by atoms with van der Waals surface area (Å²) in [7, 11) is 0. The van der Waals surface area contributed by atoms with E-state index in [2.05, 4.69) is 34.3 Å². The highest BCUT2D eigenvalue weighted by Gasteiger charge is 2.14. The minimum absolute atomic E-state index is 0.338. The Kier molecular flexibility index (Phi) is 4.90. The molecule has 4 heteroatoms. The molecule has 0 saturated heterocycles. The van der Waals surface area contributed by atoms with Crippen molar-refractivity contribution in [3.63, 3.8) is 0 Å². The molecule has 4 rings (SSSR count). The van der Waals surface area contributed by atoms with Gasteiger partial charge in [0.05, 0.1) is 0 Å². The van der Waals surface area contributed by atoms with Gasteiger partial charge in [0.25, 0.3) is 0 Å². The number of isocyanates is 2. The van der Waals surface area contributed by atoms with Crippen molar-refractivity contribution < 1.29 is 9.59 Å². The molecule has 0 aliphatic carbocycles. The standard InChI is InChI=1S/C24H16N2O2/c27-15-25-23-14-19-7-2-4-11-21(19)22(24(23)26-16-28)13-12-18-9-5-8-17-6-1-3-10-20(17)18/h1-11,14H,12-13H2. The molecule has 0 heterocycles. The fraction of sp³-hybridized carbons (Fsp3) is 0.0833. The molecule has 4 aromatic rings. The van der Waals surface area contributed by atoms with Crippen LogP contribution < -0.4 is 0 Å². The van der Waals surface area contributed by atoms with Gasteiger partial charge in [0.2, 0.25) is 12.2 Å². The zero-order valence-corrected chi connectivity index (χ0v) is 15.1. The van der Waals surface area contributed by atoms with E-state index in [4.69, 9.17) is 0 Å². The molecule has 0 spiro atoms. The van der Waals surface area contributed by atoms with Crippen LogP contribution in [-0.2, 0) is 22.4 Å². The number of benzene rings is 4. The van der Waals surface area contributed by atoms with E-state index in [9.17, 15) is 9.59 Å². The Morgan fingerprint density at radius 1 is 0.679 bits per heavy atom. The highest BCUT2D eigenvalue weighted by Crippen LogP contribution is 2.38. The number of aliphatic imine (C=N–C) groups is 2. The molecule has 4 aromatic carbocycles. The fourth-order valence-corrected chi connectivity index (χ4v) is 3.72. The van der Waals surface area contributed by atoms with E-state index in [-0.39, 0.29) is 0 Å². The van der Waals surface area contributed by atoms with Gasteiger partial charge >= 0.3 is 0 Å². The molecule has 0 aliphatic rings. The molecule has 0 radical (unpaired) electrons. The first-order valence-electron chi connectivity index (χ1n) is 8.99. The number of fused-ring (bicyclic) bond motifs is 2. The topological polar surface area (TPSA) is 58.9 Å². The summed E-state index contributed by atoms with van der Waals surface area (Å²) in [6, 6.07) is 24.1. The molecule has 0 atom stereocenters. The molecule has 28 heavy (non-hydrogen) atoms. The van der Waals surface area contributed by atoms with Gasteiger partial charge in [-0.1, -0.05) is 66.7 Å². The number of rotatable bonds is 5. The highest BCUT2D eigenvalue weighted by molar-refractivity contribution is 5.95. The quantitative estimate of drug-likeness (QED) is 0.336. The predicted octanol–water partition coefficient (Wildman–Crippen LogP) is 5.71. The van der Waals surface area contributed by atoms with Crippen LogP contribution in [0.2, 0.25) is 0 Å². The third-order valence-corrected chi connectivity index (χ3v) is 4.95. The van der Waals surface area contributed by atoms with Crippen LogP contribution in [0.25, 0.3) is 21.5 Å². The lowest BCUT2D eigenvalue weighted by Crippen LogP contribution is -1.95. The van der Waals surface area contributed by atoms with Gasteiger partial charge in [0, 0.05) is 0 Å². The van der Waals surface area contributed by atoms with Gasteiger partial charge in [0.15, 0.2) is 0 Å². The number of aryl methyl sites for hydroxylation is 2. The fourth-order valence-electron chi connectivity index (χ4n) is 3.72. The van der Waals surface area contributed by atoms with Crippen LogP contribution in [0, 0.1) is 0 Å². The van der Waals surface area contributed by atoms with Crippen molar-refractivity contribution in [3.8, 4) is 0 Å². The van der Waals surface area contributed by atoms with E-state index in [1.165, 1.54) is 16.3 Å². The zero-order chi connectivity index (χ0) is 19.3. The summed E-state index contributed by atoms with van der Waals surface area (Å²) in [4.78, 5) is 29.5. The average Bonchev–Trinajstić information content (AvgIpc) is 2.73. The van der Waals surface area contributed by atoms with E-state index < -0.39 is 0 Å². The largest absolute Gasteiger partial charge is 0.240 e. The van der Waals surface area contributed by atoms with Crippen LogP contribution in [-0.4, -0.2) is 12.2 Å². The summed E-state index contributed by atoms with van der Waals surface area (Å²) in [5, 5.41) is 4.32. The van der Waals surface area contributed by atoms with Crippen LogP contribution in [0.5, 0.6) is 0 Å². The Morgan fingerprint density at radius 3 is 2.14 bits per heavy atom. The van der Waals surface area contributed by atoms with Gasteiger partial charge in [0.1, 0.15) is 11.4 Å². The van der Waals surface area contributed by atoms with Crippen LogP contribution in [0.15, 0.2) is 82.8 Å². The number of hydrogen-bond acceptors (Lipinski definition) is 4. The number of carbonyl (C=O) groups excluding carboxylic acids is 2. The Morgan fingerprint density at radius 2 is 1.36 bits per heavy atom. The first-order valence-corrected chi connectivity index (χ1v) is 8.99. The monoisotopic (exact) mass is 364 g/mol. The molecule has 0 fully saturated rings. The van der Waals surface area contributed by atoms with Gasteiger partial charge < -0.3 is 0 Å². The molecule has 0 saturated carbocycles. The lowest BCUT2D eigenvalue weighted by Gasteiger charge is -2.13. The maximum absolute atomic E-state index is 11.0. The molecule has 4 nitrogen and oxygen atoms in total. The maximum Gasteiger partial charge on any atom is 0.240 e.